The van der Waals surface area contributed by atoms with Gasteiger partial charge in [-0.2, -0.15) is 0 Å². The Morgan fingerprint density at radius 1 is 1.04 bits per heavy atom. The van der Waals surface area contributed by atoms with Crippen LogP contribution in [-0.2, 0) is 16.1 Å². The summed E-state index contributed by atoms with van der Waals surface area (Å²) in [5, 5.41) is 2.79. The second kappa shape index (κ2) is 11.6. The highest BCUT2D eigenvalue weighted by Crippen LogP contribution is 2.15. The van der Waals surface area contributed by atoms with Crippen molar-refractivity contribution in [3.63, 3.8) is 0 Å². The highest BCUT2D eigenvalue weighted by atomic mass is 16.5. The van der Waals surface area contributed by atoms with Gasteiger partial charge in [0.15, 0.2) is 0 Å². The van der Waals surface area contributed by atoms with Crippen molar-refractivity contribution < 1.29 is 14.3 Å². The number of unbranched alkanes of at least 4 members (excludes halogenated alkanes) is 2. The van der Waals surface area contributed by atoms with Gasteiger partial charge in [0.05, 0.1) is 7.11 Å². The van der Waals surface area contributed by atoms with Crippen LogP contribution in [0.4, 0.5) is 0 Å². The van der Waals surface area contributed by atoms with Crippen molar-refractivity contribution in [2.45, 2.75) is 45.6 Å². The van der Waals surface area contributed by atoms with E-state index in [-0.39, 0.29) is 11.8 Å². The second-order valence-electron chi connectivity index (χ2n) is 7.15. The molecule has 1 saturated heterocycles. The largest absolute Gasteiger partial charge is 0.497 e. The average Bonchev–Trinajstić information content (AvgIpc) is 2.90. The van der Waals surface area contributed by atoms with Gasteiger partial charge in [-0.15, -0.1) is 0 Å². The first kappa shape index (κ1) is 21.2. The number of nitrogens with zero attached hydrogens (tertiary/aromatic N) is 2. The van der Waals surface area contributed by atoms with Crippen LogP contribution in [0.15, 0.2) is 24.3 Å². The molecule has 1 fully saturated rings. The molecule has 1 aliphatic rings. The van der Waals surface area contributed by atoms with Crippen LogP contribution in [0.5, 0.6) is 5.75 Å². The number of benzene rings is 1. The van der Waals surface area contributed by atoms with E-state index in [1.54, 1.807) is 7.11 Å². The lowest BCUT2D eigenvalue weighted by Gasteiger charge is -2.22. The van der Waals surface area contributed by atoms with Crippen molar-refractivity contribution in [3.05, 3.63) is 29.8 Å². The van der Waals surface area contributed by atoms with Crippen molar-refractivity contribution >= 4 is 11.8 Å². The number of carbonyl (C=O) groups is 2. The van der Waals surface area contributed by atoms with Gasteiger partial charge in [0.2, 0.25) is 11.8 Å². The first-order valence-corrected chi connectivity index (χ1v) is 9.96. The van der Waals surface area contributed by atoms with E-state index in [0.29, 0.717) is 13.0 Å². The smallest absolute Gasteiger partial charge is 0.222 e. The molecule has 0 saturated carbocycles. The van der Waals surface area contributed by atoms with Gasteiger partial charge in [-0.25, -0.2) is 0 Å². The molecule has 6 nitrogen and oxygen atoms in total. The number of amides is 2. The summed E-state index contributed by atoms with van der Waals surface area (Å²) >= 11 is 0. The third kappa shape index (κ3) is 7.99. The standard InChI is InChI=1S/C21H33N3O3/c1-18(25)22-12-5-3-4-7-21(26)24-14-6-13-23(15-16-24)17-19-8-10-20(27-2)11-9-19/h8-11H,3-7,12-17H2,1-2H3,(H,22,25). The maximum absolute atomic E-state index is 12.5. The Hall–Kier alpha value is -2.08. The Labute approximate surface area is 162 Å². The minimum atomic E-state index is 0.00911. The maximum Gasteiger partial charge on any atom is 0.222 e. The molecular weight excluding hydrogens is 342 g/mol. The van der Waals surface area contributed by atoms with Crippen LogP contribution in [0.3, 0.4) is 0 Å². The molecular formula is C21H33N3O3. The zero-order chi connectivity index (χ0) is 19.5. The lowest BCUT2D eigenvalue weighted by Crippen LogP contribution is -2.35. The molecule has 0 aliphatic carbocycles. The van der Waals surface area contributed by atoms with Crippen LogP contribution in [0.1, 0.15) is 44.6 Å². The molecule has 1 N–H and O–H groups in total. The van der Waals surface area contributed by atoms with E-state index >= 15 is 0 Å². The first-order valence-electron chi connectivity index (χ1n) is 9.96. The summed E-state index contributed by atoms with van der Waals surface area (Å²) in [6.07, 6.45) is 4.43. The molecule has 0 radical (unpaired) electrons. The fourth-order valence-corrected chi connectivity index (χ4v) is 3.37. The van der Waals surface area contributed by atoms with Crippen molar-refractivity contribution in [2.75, 3.05) is 39.8 Å². The Bertz CT molecular complexity index is 589. The summed E-state index contributed by atoms with van der Waals surface area (Å²) in [5.41, 5.74) is 1.27. The Morgan fingerprint density at radius 3 is 2.52 bits per heavy atom. The van der Waals surface area contributed by atoms with Crippen LogP contribution in [0, 0.1) is 0 Å². The van der Waals surface area contributed by atoms with E-state index in [4.69, 9.17) is 4.74 Å². The molecule has 0 bridgehead atoms. The zero-order valence-corrected chi connectivity index (χ0v) is 16.7. The predicted octanol–water partition coefficient (Wildman–Crippen LogP) is 2.43. The lowest BCUT2D eigenvalue weighted by atomic mass is 10.1. The van der Waals surface area contributed by atoms with Crippen molar-refractivity contribution in [1.29, 1.82) is 0 Å². The molecule has 150 valence electrons. The molecule has 2 amide bonds. The number of methoxy groups -OCH3 is 1. The first-order chi connectivity index (χ1) is 13.1. The summed E-state index contributed by atoms with van der Waals surface area (Å²) in [7, 11) is 1.68. The van der Waals surface area contributed by atoms with Gasteiger partial charge in [0, 0.05) is 52.6 Å². The van der Waals surface area contributed by atoms with Crippen LogP contribution in [0.2, 0.25) is 0 Å². The van der Waals surface area contributed by atoms with Gasteiger partial charge in [-0.3, -0.25) is 14.5 Å². The fourth-order valence-electron chi connectivity index (χ4n) is 3.37. The quantitative estimate of drug-likeness (QED) is 0.674. The zero-order valence-electron chi connectivity index (χ0n) is 16.7. The molecule has 0 spiro atoms. The highest BCUT2D eigenvalue weighted by molar-refractivity contribution is 5.76. The second-order valence-corrected chi connectivity index (χ2v) is 7.15. The summed E-state index contributed by atoms with van der Waals surface area (Å²) in [4.78, 5) is 27.7. The van der Waals surface area contributed by atoms with Gasteiger partial charge in [0.1, 0.15) is 5.75 Å². The summed E-state index contributed by atoms with van der Waals surface area (Å²) in [6, 6.07) is 8.20. The van der Waals surface area contributed by atoms with E-state index in [1.807, 2.05) is 17.0 Å². The van der Waals surface area contributed by atoms with E-state index in [9.17, 15) is 9.59 Å². The summed E-state index contributed by atoms with van der Waals surface area (Å²) < 4.78 is 5.21. The van der Waals surface area contributed by atoms with E-state index in [1.165, 1.54) is 12.5 Å². The molecule has 1 aromatic carbocycles. The normalized spacial score (nSPS) is 15.3. The average molecular weight is 376 g/mol. The molecule has 6 heteroatoms. The molecule has 0 atom stereocenters. The topological polar surface area (TPSA) is 61.9 Å². The van der Waals surface area contributed by atoms with Gasteiger partial charge in [-0.05, 0) is 37.0 Å². The van der Waals surface area contributed by atoms with Gasteiger partial charge < -0.3 is 15.0 Å². The van der Waals surface area contributed by atoms with Gasteiger partial charge in [0.25, 0.3) is 0 Å². The minimum Gasteiger partial charge on any atom is -0.497 e. The molecule has 1 aliphatic heterocycles. The molecule has 1 aromatic rings. The fraction of sp³-hybridized carbons (Fsp3) is 0.619. The third-order valence-corrected chi connectivity index (χ3v) is 4.95. The Morgan fingerprint density at radius 2 is 1.81 bits per heavy atom. The van der Waals surface area contributed by atoms with E-state index in [2.05, 4.69) is 22.3 Å². The number of hydrogen-bond donors (Lipinski definition) is 1. The molecule has 0 unspecified atom stereocenters. The summed E-state index contributed by atoms with van der Waals surface area (Å²) in [6.45, 7) is 6.74. The van der Waals surface area contributed by atoms with E-state index in [0.717, 1.165) is 64.2 Å². The molecule has 27 heavy (non-hydrogen) atoms. The highest BCUT2D eigenvalue weighted by Gasteiger charge is 2.18. The molecule has 2 rings (SSSR count). The Kier molecular flexibility index (Phi) is 9.11. The van der Waals surface area contributed by atoms with E-state index < -0.39 is 0 Å². The number of ether oxygens (including phenoxy) is 1. The monoisotopic (exact) mass is 375 g/mol. The minimum absolute atomic E-state index is 0.00911. The lowest BCUT2D eigenvalue weighted by molar-refractivity contribution is -0.131. The Balaban J connectivity index is 1.67. The number of nitrogens with one attached hydrogen (secondary N) is 1. The number of hydrogen-bond acceptors (Lipinski definition) is 4. The SMILES string of the molecule is COc1ccc(CN2CCCN(C(=O)CCCCCNC(C)=O)CC2)cc1. The number of rotatable bonds is 9. The third-order valence-electron chi connectivity index (χ3n) is 4.95. The van der Waals surface area contributed by atoms with Crippen molar-refractivity contribution in [1.82, 2.24) is 15.1 Å². The van der Waals surface area contributed by atoms with Crippen molar-refractivity contribution in [3.8, 4) is 5.75 Å². The molecule has 1 heterocycles. The van der Waals surface area contributed by atoms with Crippen LogP contribution in [-0.4, -0.2) is 61.4 Å². The maximum atomic E-state index is 12.5. The molecule has 0 aromatic heterocycles. The van der Waals surface area contributed by atoms with Gasteiger partial charge >= 0.3 is 0 Å². The van der Waals surface area contributed by atoms with Crippen LogP contribution < -0.4 is 10.1 Å². The van der Waals surface area contributed by atoms with Crippen molar-refractivity contribution in [2.24, 2.45) is 0 Å². The summed E-state index contributed by atoms with van der Waals surface area (Å²) in [5.74, 6) is 1.15. The van der Waals surface area contributed by atoms with Crippen LogP contribution >= 0.6 is 0 Å². The number of carbonyl (C=O) groups excluding carboxylic acids is 2. The predicted molar refractivity (Wildman–Crippen MR) is 107 cm³/mol. The van der Waals surface area contributed by atoms with Gasteiger partial charge in [-0.1, -0.05) is 18.6 Å². The van der Waals surface area contributed by atoms with Crippen LogP contribution in [0.25, 0.3) is 0 Å².